The Labute approximate surface area is 207 Å². The molecule has 8 heteroatoms. The summed E-state index contributed by atoms with van der Waals surface area (Å²) >= 11 is 0. The molecule has 0 atom stereocenters. The Balaban J connectivity index is 1.45. The van der Waals surface area contributed by atoms with Gasteiger partial charge < -0.3 is 9.80 Å². The van der Waals surface area contributed by atoms with Gasteiger partial charge in [-0.15, -0.1) is 0 Å². The summed E-state index contributed by atoms with van der Waals surface area (Å²) in [6.45, 7) is 6.43. The maximum absolute atomic E-state index is 13.3. The lowest BCUT2D eigenvalue weighted by molar-refractivity contribution is 0.0745. The van der Waals surface area contributed by atoms with E-state index in [0.29, 0.717) is 37.4 Å². The van der Waals surface area contributed by atoms with E-state index in [1.165, 1.54) is 11.6 Å². The minimum absolute atomic E-state index is 0.0774. The molecule has 1 fully saturated rings. The highest BCUT2D eigenvalue weighted by Crippen LogP contribution is 2.22. The third kappa shape index (κ3) is 6.00. The molecule has 1 aliphatic rings. The van der Waals surface area contributed by atoms with Gasteiger partial charge in [-0.3, -0.25) is 9.52 Å². The lowest BCUT2D eigenvalue weighted by atomic mass is 10.1. The van der Waals surface area contributed by atoms with Gasteiger partial charge in [0.1, 0.15) is 5.82 Å². The first-order valence-corrected chi connectivity index (χ1v) is 13.5. The lowest BCUT2D eigenvalue weighted by Crippen LogP contribution is -2.49. The molecule has 0 saturated carbocycles. The predicted octanol–water partition coefficient (Wildman–Crippen LogP) is 4.50. The van der Waals surface area contributed by atoms with Crippen molar-refractivity contribution < 1.29 is 13.2 Å². The second-order valence-corrected chi connectivity index (χ2v) is 10.5. The molecule has 4 rings (SSSR count). The standard InChI is InChI=1S/C27H32N4O3S/c1-3-4-7-22-10-12-23(13-11-22)29-35(33,34)24-14-9-21(2)25(20-24)27(32)31-18-16-30(17-19-31)26-8-5-6-15-28-26/h5-6,8-15,20,29H,3-4,7,16-19H2,1-2H3. The van der Waals surface area contributed by atoms with Crippen molar-refractivity contribution in [3.05, 3.63) is 83.6 Å². The van der Waals surface area contributed by atoms with Crippen LogP contribution in [0.1, 0.15) is 41.3 Å². The highest BCUT2D eigenvalue weighted by molar-refractivity contribution is 7.92. The molecule has 2 aromatic carbocycles. The molecule has 3 aromatic rings. The number of carbonyl (C=O) groups is 1. The van der Waals surface area contributed by atoms with Crippen LogP contribution in [0.2, 0.25) is 0 Å². The maximum Gasteiger partial charge on any atom is 0.261 e. The minimum atomic E-state index is -3.83. The number of unbranched alkanes of at least 4 members (excludes halogenated alkanes) is 1. The molecule has 2 heterocycles. The largest absolute Gasteiger partial charge is 0.353 e. The average molecular weight is 493 g/mol. The Morgan fingerprint density at radius 3 is 2.40 bits per heavy atom. The van der Waals surface area contributed by atoms with Gasteiger partial charge in [-0.05, 0) is 67.3 Å². The fourth-order valence-electron chi connectivity index (χ4n) is 4.18. The van der Waals surface area contributed by atoms with Crippen molar-refractivity contribution in [1.29, 1.82) is 0 Å². The van der Waals surface area contributed by atoms with Crippen molar-refractivity contribution in [2.24, 2.45) is 0 Å². The van der Waals surface area contributed by atoms with Crippen molar-refractivity contribution in [1.82, 2.24) is 9.88 Å². The van der Waals surface area contributed by atoms with Crippen LogP contribution >= 0.6 is 0 Å². The highest BCUT2D eigenvalue weighted by atomic mass is 32.2. The van der Waals surface area contributed by atoms with Crippen molar-refractivity contribution in [2.75, 3.05) is 35.8 Å². The topological polar surface area (TPSA) is 82.6 Å². The number of benzene rings is 2. The number of aryl methyl sites for hydroxylation is 2. The van der Waals surface area contributed by atoms with Gasteiger partial charge in [0.05, 0.1) is 4.90 Å². The summed E-state index contributed by atoms with van der Waals surface area (Å²) in [6.07, 6.45) is 4.95. The number of hydrogen-bond acceptors (Lipinski definition) is 5. The summed E-state index contributed by atoms with van der Waals surface area (Å²) in [6, 6.07) is 18.0. The SMILES string of the molecule is CCCCc1ccc(NS(=O)(=O)c2ccc(C)c(C(=O)N3CCN(c4ccccn4)CC3)c2)cc1. The molecule has 0 unspecified atom stereocenters. The Kier molecular flexibility index (Phi) is 7.70. The number of piperazine rings is 1. The third-order valence-electron chi connectivity index (χ3n) is 6.32. The van der Waals surface area contributed by atoms with Gasteiger partial charge in [0.15, 0.2) is 0 Å². The van der Waals surface area contributed by atoms with Crippen LogP contribution in [-0.4, -0.2) is 50.4 Å². The zero-order chi connectivity index (χ0) is 24.8. The predicted molar refractivity (Wildman–Crippen MR) is 139 cm³/mol. The smallest absolute Gasteiger partial charge is 0.261 e. The fourth-order valence-corrected chi connectivity index (χ4v) is 5.27. The van der Waals surface area contributed by atoms with E-state index in [4.69, 9.17) is 0 Å². The Morgan fingerprint density at radius 2 is 1.74 bits per heavy atom. The van der Waals surface area contributed by atoms with Gasteiger partial charge in [-0.25, -0.2) is 13.4 Å². The van der Waals surface area contributed by atoms with Crippen molar-refractivity contribution in [3.8, 4) is 0 Å². The first-order chi connectivity index (χ1) is 16.9. The number of nitrogens with zero attached hydrogens (tertiary/aromatic N) is 3. The molecule has 1 aromatic heterocycles. The Morgan fingerprint density at radius 1 is 1.00 bits per heavy atom. The van der Waals surface area contributed by atoms with Crippen LogP contribution in [0.5, 0.6) is 0 Å². The average Bonchev–Trinajstić information content (AvgIpc) is 2.88. The van der Waals surface area contributed by atoms with Crippen LogP contribution in [0.3, 0.4) is 0 Å². The Bertz CT molecular complexity index is 1250. The molecule has 7 nitrogen and oxygen atoms in total. The molecular formula is C27H32N4O3S. The molecule has 1 amide bonds. The zero-order valence-electron chi connectivity index (χ0n) is 20.3. The number of sulfonamides is 1. The second-order valence-electron chi connectivity index (χ2n) is 8.85. The molecule has 0 radical (unpaired) electrons. The van der Waals surface area contributed by atoms with Gasteiger partial charge in [0, 0.05) is 43.6 Å². The first kappa shape index (κ1) is 24.7. The minimum Gasteiger partial charge on any atom is -0.353 e. The second kappa shape index (κ2) is 10.9. The molecule has 0 bridgehead atoms. The van der Waals surface area contributed by atoms with E-state index in [1.807, 2.05) is 37.3 Å². The number of hydrogen-bond donors (Lipinski definition) is 1. The van der Waals surface area contributed by atoms with E-state index >= 15 is 0 Å². The number of rotatable bonds is 8. The molecular weight excluding hydrogens is 460 g/mol. The summed E-state index contributed by atoms with van der Waals surface area (Å²) in [5.74, 6) is 0.744. The van der Waals surface area contributed by atoms with Crippen molar-refractivity contribution in [3.63, 3.8) is 0 Å². The quantitative estimate of drug-likeness (QED) is 0.501. The van der Waals surface area contributed by atoms with Crippen LogP contribution in [0, 0.1) is 6.92 Å². The molecule has 35 heavy (non-hydrogen) atoms. The van der Waals surface area contributed by atoms with Crippen LogP contribution < -0.4 is 9.62 Å². The van der Waals surface area contributed by atoms with E-state index in [1.54, 1.807) is 35.4 Å². The summed E-state index contributed by atoms with van der Waals surface area (Å²) in [5, 5.41) is 0. The fraction of sp³-hybridized carbons (Fsp3) is 0.333. The number of pyridine rings is 1. The summed E-state index contributed by atoms with van der Waals surface area (Å²) in [4.78, 5) is 21.7. The molecule has 0 aliphatic carbocycles. The summed E-state index contributed by atoms with van der Waals surface area (Å²) in [5.41, 5.74) is 2.85. The van der Waals surface area contributed by atoms with E-state index < -0.39 is 10.0 Å². The van der Waals surface area contributed by atoms with E-state index in [0.717, 1.165) is 30.6 Å². The molecule has 1 saturated heterocycles. The van der Waals surface area contributed by atoms with Crippen molar-refractivity contribution in [2.45, 2.75) is 38.0 Å². The van der Waals surface area contributed by atoms with E-state index in [-0.39, 0.29) is 10.8 Å². The van der Waals surface area contributed by atoms with Crippen LogP contribution in [0.15, 0.2) is 71.8 Å². The van der Waals surface area contributed by atoms with Gasteiger partial charge in [0.2, 0.25) is 0 Å². The van der Waals surface area contributed by atoms with Gasteiger partial charge >= 0.3 is 0 Å². The zero-order valence-corrected chi connectivity index (χ0v) is 21.1. The molecule has 1 N–H and O–H groups in total. The molecule has 0 spiro atoms. The van der Waals surface area contributed by atoms with Gasteiger partial charge in [-0.1, -0.05) is 37.6 Å². The first-order valence-electron chi connectivity index (χ1n) is 12.0. The molecule has 184 valence electrons. The normalized spacial score (nSPS) is 14.1. The highest BCUT2D eigenvalue weighted by Gasteiger charge is 2.25. The van der Waals surface area contributed by atoms with Crippen LogP contribution in [0.4, 0.5) is 11.5 Å². The van der Waals surface area contributed by atoms with Gasteiger partial charge in [-0.2, -0.15) is 0 Å². The number of aromatic nitrogens is 1. The number of nitrogens with one attached hydrogen (secondary N) is 1. The lowest BCUT2D eigenvalue weighted by Gasteiger charge is -2.35. The van der Waals surface area contributed by atoms with E-state index in [9.17, 15) is 13.2 Å². The Hall–Kier alpha value is -3.39. The van der Waals surface area contributed by atoms with Crippen LogP contribution in [-0.2, 0) is 16.4 Å². The van der Waals surface area contributed by atoms with Gasteiger partial charge in [0.25, 0.3) is 15.9 Å². The maximum atomic E-state index is 13.3. The van der Waals surface area contributed by atoms with Crippen molar-refractivity contribution >= 4 is 27.4 Å². The van der Waals surface area contributed by atoms with E-state index in [2.05, 4.69) is 21.5 Å². The third-order valence-corrected chi connectivity index (χ3v) is 7.69. The number of carbonyl (C=O) groups excluding carboxylic acids is 1. The number of anilines is 2. The summed E-state index contributed by atoms with van der Waals surface area (Å²) < 4.78 is 28.8. The van der Waals surface area contributed by atoms with Crippen LogP contribution in [0.25, 0.3) is 0 Å². The monoisotopic (exact) mass is 492 g/mol. The summed E-state index contributed by atoms with van der Waals surface area (Å²) in [7, 11) is -3.83. The molecule has 1 aliphatic heterocycles. The number of amides is 1.